The van der Waals surface area contributed by atoms with E-state index < -0.39 is 0 Å². The molecule has 0 fully saturated rings. The second-order valence-electron chi connectivity index (χ2n) is 12.7. The van der Waals surface area contributed by atoms with Gasteiger partial charge in [-0.05, 0) is 110 Å². The van der Waals surface area contributed by atoms with E-state index in [2.05, 4.69) is 140 Å². The molecular weight excluding hydrogens is 605 g/mol. The van der Waals surface area contributed by atoms with E-state index in [0.717, 1.165) is 56.1 Å². The number of fused-ring (bicyclic) bond motifs is 4. The Hall–Kier alpha value is -6.38. The van der Waals surface area contributed by atoms with E-state index in [0.29, 0.717) is 0 Å². The Morgan fingerprint density at radius 2 is 1.36 bits per heavy atom. The minimum atomic E-state index is 0.729. The van der Waals surface area contributed by atoms with Gasteiger partial charge in [-0.2, -0.15) is 0 Å². The first-order valence-corrected chi connectivity index (χ1v) is 17.0. The normalized spacial score (nSPS) is 13.2. The van der Waals surface area contributed by atoms with Crippen molar-refractivity contribution in [1.29, 1.82) is 0 Å². The second kappa shape index (κ2) is 12.9. The molecule has 0 amide bonds. The number of aromatic nitrogens is 1. The zero-order chi connectivity index (χ0) is 34.2. The van der Waals surface area contributed by atoms with E-state index in [9.17, 15) is 0 Å². The number of hydrogen-bond donors (Lipinski definition) is 0. The van der Waals surface area contributed by atoms with Gasteiger partial charge in [0.2, 0.25) is 0 Å². The van der Waals surface area contributed by atoms with E-state index >= 15 is 0 Å². The smallest absolute Gasteiger partial charge is 0.0797 e. The van der Waals surface area contributed by atoms with Crippen molar-refractivity contribution in [1.82, 2.24) is 4.98 Å². The molecule has 0 N–H and O–H groups in total. The van der Waals surface area contributed by atoms with Crippen LogP contribution in [0.4, 0.5) is 0 Å². The highest BCUT2D eigenvalue weighted by atomic mass is 14.8. The molecule has 1 heterocycles. The molecule has 0 unspecified atom stereocenters. The van der Waals surface area contributed by atoms with Crippen LogP contribution in [0.2, 0.25) is 0 Å². The van der Waals surface area contributed by atoms with Crippen LogP contribution >= 0.6 is 0 Å². The summed E-state index contributed by atoms with van der Waals surface area (Å²) >= 11 is 0. The summed E-state index contributed by atoms with van der Waals surface area (Å²) in [6.07, 6.45) is 9.89. The van der Waals surface area contributed by atoms with Crippen LogP contribution in [0.25, 0.3) is 66.3 Å². The summed E-state index contributed by atoms with van der Waals surface area (Å²) in [6.45, 7) is 12.9. The Bertz CT molecular complexity index is 2560. The molecule has 1 aliphatic carbocycles. The van der Waals surface area contributed by atoms with Gasteiger partial charge in [0.05, 0.1) is 17.1 Å². The average molecular weight is 641 g/mol. The fraction of sp³-hybridized carbons (Fsp3) is 0.0417. The first-order chi connectivity index (χ1) is 24.6. The summed E-state index contributed by atoms with van der Waals surface area (Å²) in [6, 6.07) is 45.2. The van der Waals surface area contributed by atoms with Crippen molar-refractivity contribution in [3.05, 3.63) is 199 Å². The molecular formula is C48H36N2. The lowest BCUT2D eigenvalue weighted by molar-refractivity contribution is 1.32. The van der Waals surface area contributed by atoms with E-state index in [4.69, 9.17) is 4.99 Å². The molecule has 8 rings (SSSR count). The van der Waals surface area contributed by atoms with Crippen molar-refractivity contribution < 1.29 is 0 Å². The minimum absolute atomic E-state index is 0.729. The quantitative estimate of drug-likeness (QED) is 0.126. The number of pyridine rings is 1. The van der Waals surface area contributed by atoms with Crippen LogP contribution in [0, 0.1) is 6.92 Å². The summed E-state index contributed by atoms with van der Waals surface area (Å²) in [5.74, 6) is 0. The van der Waals surface area contributed by atoms with Gasteiger partial charge in [-0.15, -0.1) is 0 Å². The Morgan fingerprint density at radius 1 is 0.660 bits per heavy atom. The molecule has 0 aliphatic heterocycles. The number of allylic oxidation sites excluding steroid dienone is 5. The van der Waals surface area contributed by atoms with Gasteiger partial charge in [-0.25, -0.2) is 4.99 Å². The SMILES string of the molecule is C=C/C(=C\C=C/C)c1cc(-c2ccc(C(=C)/N=C3/c4ccccc4-c4cccc5c4c3c(C)c3ccccc35)cc2)cc(-c2ccccn2)c1. The standard InChI is InChI=1S/C48H36N2/c1-5-7-15-33(6-2)36-28-37(30-38(29-36)45-22-12-13-27-49-45)35-25-23-34(24-26-35)32(4)50-48-44-19-11-10-18-41(44)43-21-14-20-42-40-17-9-8-16-39(40)31(3)46(48)47(42)43/h5-30H,2,4H2,1,3H3/b7-5-,33-15+,50-48-. The summed E-state index contributed by atoms with van der Waals surface area (Å²) in [4.78, 5) is 10.0. The molecule has 2 heteroatoms. The van der Waals surface area contributed by atoms with Gasteiger partial charge in [0.25, 0.3) is 0 Å². The maximum atomic E-state index is 5.36. The third kappa shape index (κ3) is 5.32. The van der Waals surface area contributed by atoms with Gasteiger partial charge in [0.15, 0.2) is 0 Å². The number of benzene rings is 6. The molecule has 1 aromatic heterocycles. The summed E-state index contributed by atoms with van der Waals surface area (Å²) in [5, 5.41) is 5.03. The van der Waals surface area contributed by atoms with Crippen molar-refractivity contribution in [3.8, 4) is 33.5 Å². The van der Waals surface area contributed by atoms with Gasteiger partial charge in [0, 0.05) is 22.9 Å². The minimum Gasteiger partial charge on any atom is -0.256 e. The van der Waals surface area contributed by atoms with Gasteiger partial charge >= 0.3 is 0 Å². The number of aliphatic imine (C=N–C) groups is 1. The van der Waals surface area contributed by atoms with Crippen molar-refractivity contribution >= 4 is 38.5 Å². The van der Waals surface area contributed by atoms with Crippen molar-refractivity contribution in [2.24, 2.45) is 4.99 Å². The van der Waals surface area contributed by atoms with Crippen molar-refractivity contribution in [3.63, 3.8) is 0 Å². The van der Waals surface area contributed by atoms with Crippen molar-refractivity contribution in [2.75, 3.05) is 0 Å². The highest BCUT2D eigenvalue weighted by molar-refractivity contribution is 6.33. The van der Waals surface area contributed by atoms with Crippen LogP contribution < -0.4 is 0 Å². The second-order valence-corrected chi connectivity index (χ2v) is 12.7. The Morgan fingerprint density at radius 3 is 2.12 bits per heavy atom. The fourth-order valence-corrected chi connectivity index (χ4v) is 7.29. The van der Waals surface area contributed by atoms with Crippen LogP contribution in [0.1, 0.15) is 34.7 Å². The van der Waals surface area contributed by atoms with E-state index in [-0.39, 0.29) is 0 Å². The van der Waals surface area contributed by atoms with Crippen LogP contribution in [0.15, 0.2) is 176 Å². The third-order valence-electron chi connectivity index (χ3n) is 9.73. The molecule has 0 atom stereocenters. The van der Waals surface area contributed by atoms with Crippen molar-refractivity contribution in [2.45, 2.75) is 13.8 Å². The largest absolute Gasteiger partial charge is 0.256 e. The molecule has 50 heavy (non-hydrogen) atoms. The molecule has 0 spiro atoms. The number of rotatable bonds is 7. The highest BCUT2D eigenvalue weighted by Crippen LogP contribution is 2.45. The average Bonchev–Trinajstić information content (AvgIpc) is 3.18. The first kappa shape index (κ1) is 30.9. The van der Waals surface area contributed by atoms with E-state index in [1.54, 1.807) is 0 Å². The predicted molar refractivity (Wildman–Crippen MR) is 214 cm³/mol. The number of hydrogen-bond acceptors (Lipinski definition) is 2. The van der Waals surface area contributed by atoms with Gasteiger partial charge < -0.3 is 0 Å². The van der Waals surface area contributed by atoms with Gasteiger partial charge in [-0.3, -0.25) is 4.98 Å². The maximum absolute atomic E-state index is 5.36. The monoisotopic (exact) mass is 640 g/mol. The molecule has 6 aromatic carbocycles. The van der Waals surface area contributed by atoms with E-state index in [1.165, 1.54) is 43.8 Å². The zero-order valence-electron chi connectivity index (χ0n) is 28.3. The summed E-state index contributed by atoms with van der Waals surface area (Å²) in [7, 11) is 0. The molecule has 0 radical (unpaired) electrons. The van der Waals surface area contributed by atoms with Gasteiger partial charge in [0.1, 0.15) is 0 Å². The summed E-state index contributed by atoms with van der Waals surface area (Å²) < 4.78 is 0. The zero-order valence-corrected chi connectivity index (χ0v) is 28.3. The maximum Gasteiger partial charge on any atom is 0.0797 e. The highest BCUT2D eigenvalue weighted by Gasteiger charge is 2.27. The number of nitrogens with zero attached hydrogens (tertiary/aromatic N) is 2. The van der Waals surface area contributed by atoms with Gasteiger partial charge in [-0.1, -0.05) is 135 Å². The Labute approximate surface area is 293 Å². The lowest BCUT2D eigenvalue weighted by Crippen LogP contribution is -2.14. The van der Waals surface area contributed by atoms with Crippen LogP contribution in [0.3, 0.4) is 0 Å². The lowest BCUT2D eigenvalue weighted by Gasteiger charge is -2.26. The Balaban J connectivity index is 1.23. The molecule has 238 valence electrons. The Kier molecular flexibility index (Phi) is 7.98. The predicted octanol–water partition coefficient (Wildman–Crippen LogP) is 12.7. The summed E-state index contributed by atoms with van der Waals surface area (Å²) in [5.41, 5.74) is 15.0. The van der Waals surface area contributed by atoms with Crippen LogP contribution in [-0.2, 0) is 0 Å². The molecule has 0 saturated carbocycles. The molecule has 0 saturated heterocycles. The molecule has 1 aliphatic rings. The van der Waals surface area contributed by atoms with Crippen LogP contribution in [0.5, 0.6) is 0 Å². The topological polar surface area (TPSA) is 25.2 Å². The molecule has 2 nitrogen and oxygen atoms in total. The first-order valence-electron chi connectivity index (χ1n) is 17.0. The molecule has 7 aromatic rings. The third-order valence-corrected chi connectivity index (χ3v) is 9.73. The van der Waals surface area contributed by atoms with Crippen LogP contribution in [-0.4, -0.2) is 10.7 Å². The number of aryl methyl sites for hydroxylation is 1. The fourth-order valence-electron chi connectivity index (χ4n) is 7.29. The lowest BCUT2D eigenvalue weighted by atomic mass is 9.78. The molecule has 0 bridgehead atoms. The van der Waals surface area contributed by atoms with E-state index in [1.807, 2.05) is 49.5 Å².